The van der Waals surface area contributed by atoms with Gasteiger partial charge in [-0.25, -0.2) is 9.07 Å². The first kappa shape index (κ1) is 20.3. The van der Waals surface area contributed by atoms with Crippen LogP contribution in [0, 0.1) is 19.7 Å². The number of carbonyl (C=O) groups excluding carboxylic acids is 1. The van der Waals surface area contributed by atoms with Gasteiger partial charge in [0.05, 0.1) is 11.3 Å². The minimum atomic E-state index is -0.374. The Morgan fingerprint density at radius 1 is 1.10 bits per heavy atom. The second-order valence-electron chi connectivity index (χ2n) is 7.30. The van der Waals surface area contributed by atoms with Gasteiger partial charge in [-0.1, -0.05) is 18.2 Å². The van der Waals surface area contributed by atoms with Crippen molar-refractivity contribution < 1.29 is 9.18 Å². The Morgan fingerprint density at radius 3 is 2.48 bits per heavy atom. The molecule has 2 heterocycles. The molecule has 31 heavy (non-hydrogen) atoms. The Labute approximate surface area is 178 Å². The van der Waals surface area contributed by atoms with Crippen molar-refractivity contribution in [1.82, 2.24) is 20.1 Å². The van der Waals surface area contributed by atoms with Gasteiger partial charge in [-0.3, -0.25) is 9.59 Å². The normalized spacial score (nSPS) is 10.8. The highest BCUT2D eigenvalue weighted by molar-refractivity contribution is 5.99. The molecule has 4 rings (SSSR count). The van der Waals surface area contributed by atoms with Crippen LogP contribution in [0.25, 0.3) is 16.9 Å². The molecule has 0 spiro atoms. The van der Waals surface area contributed by atoms with E-state index in [4.69, 9.17) is 0 Å². The molecule has 2 N–H and O–H groups in total. The fourth-order valence-electron chi connectivity index (χ4n) is 3.44. The number of nitrogens with one attached hydrogen (secondary N) is 2. The molecule has 0 saturated heterocycles. The van der Waals surface area contributed by atoms with Crippen molar-refractivity contribution >= 4 is 5.91 Å². The van der Waals surface area contributed by atoms with E-state index in [0.29, 0.717) is 22.4 Å². The minimum Gasteiger partial charge on any atom is -0.348 e. The molecule has 6 nitrogen and oxygen atoms in total. The molecule has 4 aromatic rings. The van der Waals surface area contributed by atoms with E-state index in [0.717, 1.165) is 16.9 Å². The Bertz CT molecular complexity index is 1290. The fraction of sp³-hybridized carbons (Fsp3) is 0.125. The molecule has 0 aliphatic heterocycles. The predicted octanol–water partition coefficient (Wildman–Crippen LogP) is 3.91. The zero-order valence-corrected chi connectivity index (χ0v) is 17.1. The van der Waals surface area contributed by atoms with Gasteiger partial charge in [0.15, 0.2) is 0 Å². The number of rotatable bonds is 5. The number of H-pyrrole nitrogens is 1. The van der Waals surface area contributed by atoms with E-state index >= 15 is 0 Å². The third-order valence-electron chi connectivity index (χ3n) is 5.02. The van der Waals surface area contributed by atoms with Gasteiger partial charge in [0.25, 0.3) is 11.5 Å². The molecule has 0 saturated carbocycles. The number of aryl methyl sites for hydroxylation is 2. The summed E-state index contributed by atoms with van der Waals surface area (Å²) in [5.41, 5.74) is 4.00. The van der Waals surface area contributed by atoms with Gasteiger partial charge in [0, 0.05) is 29.6 Å². The van der Waals surface area contributed by atoms with E-state index in [1.165, 1.54) is 12.1 Å². The largest absolute Gasteiger partial charge is 0.348 e. The topological polar surface area (TPSA) is 79.8 Å². The van der Waals surface area contributed by atoms with Crippen LogP contribution in [0.1, 0.15) is 27.2 Å². The van der Waals surface area contributed by atoms with E-state index < -0.39 is 0 Å². The van der Waals surface area contributed by atoms with Crippen molar-refractivity contribution in [2.75, 3.05) is 0 Å². The van der Waals surface area contributed by atoms with E-state index in [-0.39, 0.29) is 23.8 Å². The number of carbonyl (C=O) groups is 1. The summed E-state index contributed by atoms with van der Waals surface area (Å²) in [5, 5.41) is 7.38. The molecular formula is C24H21FN4O2. The SMILES string of the molecule is Cc1cc(C)c(CNC(=O)c2cn(-c3ccccc3)nc2-c2ccc(F)cc2)c(=O)[nH]1. The van der Waals surface area contributed by atoms with Crippen LogP contribution in [0.4, 0.5) is 4.39 Å². The number of benzene rings is 2. The van der Waals surface area contributed by atoms with Gasteiger partial charge >= 0.3 is 0 Å². The van der Waals surface area contributed by atoms with Gasteiger partial charge in [0.1, 0.15) is 11.5 Å². The maximum Gasteiger partial charge on any atom is 0.255 e. The van der Waals surface area contributed by atoms with Crippen molar-refractivity contribution in [3.8, 4) is 16.9 Å². The summed E-state index contributed by atoms with van der Waals surface area (Å²) >= 11 is 0. The van der Waals surface area contributed by atoms with Gasteiger partial charge in [-0.15, -0.1) is 0 Å². The molecule has 0 aliphatic rings. The molecular weight excluding hydrogens is 395 g/mol. The lowest BCUT2D eigenvalue weighted by Gasteiger charge is -2.08. The summed E-state index contributed by atoms with van der Waals surface area (Å²) in [6.07, 6.45) is 1.63. The van der Waals surface area contributed by atoms with Crippen LogP contribution >= 0.6 is 0 Å². The number of aromatic nitrogens is 3. The Balaban J connectivity index is 1.69. The van der Waals surface area contributed by atoms with Crippen LogP contribution in [-0.2, 0) is 6.54 Å². The predicted molar refractivity (Wildman–Crippen MR) is 117 cm³/mol. The molecule has 0 fully saturated rings. The molecule has 1 amide bonds. The van der Waals surface area contributed by atoms with Crippen molar-refractivity contribution in [1.29, 1.82) is 0 Å². The van der Waals surface area contributed by atoms with Crippen LogP contribution < -0.4 is 10.9 Å². The van der Waals surface area contributed by atoms with Crippen molar-refractivity contribution in [3.63, 3.8) is 0 Å². The summed E-state index contributed by atoms with van der Waals surface area (Å²) < 4.78 is 15.0. The molecule has 2 aromatic carbocycles. The maximum absolute atomic E-state index is 13.4. The average molecular weight is 416 g/mol. The number of amides is 1. The van der Waals surface area contributed by atoms with Crippen LogP contribution in [0.2, 0.25) is 0 Å². The first-order valence-corrected chi connectivity index (χ1v) is 9.81. The average Bonchev–Trinajstić information content (AvgIpc) is 3.19. The Kier molecular flexibility index (Phi) is 5.49. The monoisotopic (exact) mass is 416 g/mol. The molecule has 0 aliphatic carbocycles. The zero-order chi connectivity index (χ0) is 22.0. The molecule has 0 unspecified atom stereocenters. The smallest absolute Gasteiger partial charge is 0.255 e. The highest BCUT2D eigenvalue weighted by Gasteiger charge is 2.19. The summed E-state index contributed by atoms with van der Waals surface area (Å²) in [4.78, 5) is 28.1. The van der Waals surface area contributed by atoms with Crippen LogP contribution in [0.3, 0.4) is 0 Å². The van der Waals surface area contributed by atoms with Crippen LogP contribution in [0.5, 0.6) is 0 Å². The molecule has 0 bridgehead atoms. The van der Waals surface area contributed by atoms with Crippen LogP contribution in [-0.4, -0.2) is 20.7 Å². The van der Waals surface area contributed by atoms with Crippen LogP contribution in [0.15, 0.2) is 71.7 Å². The van der Waals surface area contributed by atoms with E-state index in [1.54, 1.807) is 23.0 Å². The van der Waals surface area contributed by atoms with E-state index in [9.17, 15) is 14.0 Å². The van der Waals surface area contributed by atoms with Gasteiger partial charge in [-0.05, 0) is 61.9 Å². The molecule has 156 valence electrons. The number of nitrogens with zero attached hydrogens (tertiary/aromatic N) is 2. The second kappa shape index (κ2) is 8.39. The summed E-state index contributed by atoms with van der Waals surface area (Å²) in [6, 6.07) is 17.1. The van der Waals surface area contributed by atoms with Gasteiger partial charge < -0.3 is 10.3 Å². The van der Waals surface area contributed by atoms with Gasteiger partial charge in [0.2, 0.25) is 0 Å². The molecule has 0 atom stereocenters. The second-order valence-corrected chi connectivity index (χ2v) is 7.30. The summed E-state index contributed by atoms with van der Waals surface area (Å²) in [7, 11) is 0. The van der Waals surface area contributed by atoms with E-state index in [1.807, 2.05) is 50.2 Å². The van der Waals surface area contributed by atoms with Crippen molar-refractivity contribution in [3.05, 3.63) is 105 Å². The van der Waals surface area contributed by atoms with Crippen molar-refractivity contribution in [2.24, 2.45) is 0 Å². The summed E-state index contributed by atoms with van der Waals surface area (Å²) in [5.74, 6) is -0.743. The van der Waals surface area contributed by atoms with Gasteiger partial charge in [-0.2, -0.15) is 5.10 Å². The lowest BCUT2D eigenvalue weighted by atomic mass is 10.1. The lowest BCUT2D eigenvalue weighted by Crippen LogP contribution is -2.28. The number of aromatic amines is 1. The highest BCUT2D eigenvalue weighted by Crippen LogP contribution is 2.24. The fourth-order valence-corrected chi connectivity index (χ4v) is 3.44. The maximum atomic E-state index is 13.4. The number of hydrogen-bond donors (Lipinski definition) is 2. The third kappa shape index (κ3) is 4.30. The molecule has 0 radical (unpaired) electrons. The number of para-hydroxylation sites is 1. The highest BCUT2D eigenvalue weighted by atomic mass is 19.1. The molecule has 2 aromatic heterocycles. The summed E-state index contributed by atoms with van der Waals surface area (Å²) in [6.45, 7) is 3.73. The first-order chi connectivity index (χ1) is 14.9. The zero-order valence-electron chi connectivity index (χ0n) is 17.1. The molecule has 7 heteroatoms. The minimum absolute atomic E-state index is 0.0830. The standard InChI is InChI=1S/C24H21FN4O2/c1-15-12-16(2)27-24(31)20(15)13-26-23(30)21-14-29(19-6-4-3-5-7-19)28-22(21)17-8-10-18(25)11-9-17/h3-12,14H,13H2,1-2H3,(H,26,30)(H,27,31). The first-order valence-electron chi connectivity index (χ1n) is 9.81. The number of halogens is 1. The third-order valence-corrected chi connectivity index (χ3v) is 5.02. The quantitative estimate of drug-likeness (QED) is 0.518. The Hall–Kier alpha value is -4.00. The van der Waals surface area contributed by atoms with E-state index in [2.05, 4.69) is 15.4 Å². The Morgan fingerprint density at radius 2 is 1.81 bits per heavy atom. The number of hydrogen-bond acceptors (Lipinski definition) is 3. The number of pyridine rings is 1. The lowest BCUT2D eigenvalue weighted by molar-refractivity contribution is 0.0951. The van der Waals surface area contributed by atoms with Crippen molar-refractivity contribution in [2.45, 2.75) is 20.4 Å².